The Kier molecular flexibility index (Phi) is 6.79. The van der Waals surface area contributed by atoms with Crippen molar-refractivity contribution in [2.75, 3.05) is 13.2 Å². The zero-order chi connectivity index (χ0) is 21.7. The van der Waals surface area contributed by atoms with Gasteiger partial charge < -0.3 is 19.9 Å². The topological polar surface area (TPSA) is 84.9 Å². The highest BCUT2D eigenvalue weighted by molar-refractivity contribution is 6.30. The molecular weight excluding hydrogens is 406 g/mol. The summed E-state index contributed by atoms with van der Waals surface area (Å²) >= 11 is 6.12. The van der Waals surface area contributed by atoms with E-state index in [9.17, 15) is 14.7 Å². The molecule has 30 heavy (non-hydrogen) atoms. The van der Waals surface area contributed by atoms with Gasteiger partial charge in [0.25, 0.3) is 0 Å². The molecule has 156 valence electrons. The molecule has 2 N–H and O–H groups in total. The van der Waals surface area contributed by atoms with Crippen LogP contribution in [-0.2, 0) is 14.3 Å². The van der Waals surface area contributed by atoms with E-state index in [1.54, 1.807) is 50.2 Å². The van der Waals surface area contributed by atoms with Crippen LogP contribution < -0.4 is 10.1 Å². The van der Waals surface area contributed by atoms with Crippen molar-refractivity contribution in [3.8, 4) is 5.75 Å². The number of carbonyl (C=O) groups excluding carboxylic acids is 1. The normalized spacial score (nSPS) is 16.2. The van der Waals surface area contributed by atoms with E-state index in [1.807, 2.05) is 18.2 Å². The quantitative estimate of drug-likeness (QED) is 0.506. The molecular formula is C23H22ClNO5. The third-order valence-corrected chi connectivity index (χ3v) is 4.96. The number of hydrogen-bond acceptors (Lipinski definition) is 5. The van der Waals surface area contributed by atoms with Crippen LogP contribution in [0.25, 0.3) is 0 Å². The number of hydrogen-bond donors (Lipinski definition) is 2. The van der Waals surface area contributed by atoms with Crippen LogP contribution in [0, 0.1) is 0 Å². The van der Waals surface area contributed by atoms with Crippen molar-refractivity contribution in [1.29, 1.82) is 0 Å². The smallest absolute Gasteiger partial charge is 0.336 e. The number of carboxylic acids is 1. The van der Waals surface area contributed by atoms with E-state index in [-0.39, 0.29) is 24.4 Å². The zero-order valence-corrected chi connectivity index (χ0v) is 17.4. The number of carbonyl (C=O) groups is 2. The van der Waals surface area contributed by atoms with Gasteiger partial charge in [-0.25, -0.2) is 9.59 Å². The molecule has 7 heteroatoms. The van der Waals surface area contributed by atoms with Crippen LogP contribution in [0.5, 0.6) is 5.75 Å². The lowest BCUT2D eigenvalue weighted by Crippen LogP contribution is -2.32. The van der Waals surface area contributed by atoms with Crippen LogP contribution in [0.4, 0.5) is 0 Å². The van der Waals surface area contributed by atoms with Crippen LogP contribution >= 0.6 is 11.6 Å². The Morgan fingerprint density at radius 2 is 1.70 bits per heavy atom. The maximum absolute atomic E-state index is 12.9. The summed E-state index contributed by atoms with van der Waals surface area (Å²) in [6.07, 6.45) is 0. The summed E-state index contributed by atoms with van der Waals surface area (Å²) in [7, 11) is 0. The minimum Gasteiger partial charge on any atom is -0.490 e. The van der Waals surface area contributed by atoms with Gasteiger partial charge in [-0.2, -0.15) is 0 Å². The van der Waals surface area contributed by atoms with Crippen molar-refractivity contribution in [3.63, 3.8) is 0 Å². The number of dihydropyridines is 1. The molecule has 0 aromatic heterocycles. The molecule has 0 aliphatic carbocycles. The number of nitrogens with one attached hydrogen (secondary N) is 1. The Morgan fingerprint density at radius 3 is 2.37 bits per heavy atom. The highest BCUT2D eigenvalue weighted by Crippen LogP contribution is 2.39. The molecule has 1 heterocycles. The van der Waals surface area contributed by atoms with Gasteiger partial charge in [-0.1, -0.05) is 41.9 Å². The molecule has 2 aromatic rings. The van der Waals surface area contributed by atoms with Gasteiger partial charge in [-0.3, -0.25) is 0 Å². The Hall–Kier alpha value is -3.25. The van der Waals surface area contributed by atoms with Crippen molar-refractivity contribution in [2.24, 2.45) is 0 Å². The Balaban J connectivity index is 1.82. The average molecular weight is 428 g/mol. The van der Waals surface area contributed by atoms with E-state index in [1.165, 1.54) is 0 Å². The molecule has 0 spiro atoms. The number of esters is 1. The van der Waals surface area contributed by atoms with Gasteiger partial charge in [-0.05, 0) is 43.7 Å². The van der Waals surface area contributed by atoms with Gasteiger partial charge in [0.05, 0.1) is 17.1 Å². The minimum absolute atomic E-state index is 0.0257. The summed E-state index contributed by atoms with van der Waals surface area (Å²) in [4.78, 5) is 24.9. The maximum Gasteiger partial charge on any atom is 0.336 e. The zero-order valence-electron chi connectivity index (χ0n) is 16.6. The summed E-state index contributed by atoms with van der Waals surface area (Å²) < 4.78 is 11.0. The molecule has 1 aliphatic rings. The lowest BCUT2D eigenvalue weighted by atomic mass is 9.80. The summed E-state index contributed by atoms with van der Waals surface area (Å²) in [5.41, 5.74) is 1.92. The van der Waals surface area contributed by atoms with E-state index >= 15 is 0 Å². The van der Waals surface area contributed by atoms with Gasteiger partial charge >= 0.3 is 11.9 Å². The lowest BCUT2D eigenvalue weighted by molar-refractivity contribution is -0.140. The predicted molar refractivity (Wildman–Crippen MR) is 113 cm³/mol. The number of aliphatic carboxylic acids is 1. The Bertz CT molecular complexity index is 1010. The summed E-state index contributed by atoms with van der Waals surface area (Å²) in [6, 6.07) is 16.0. The first-order valence-corrected chi connectivity index (χ1v) is 9.78. The van der Waals surface area contributed by atoms with Gasteiger partial charge in [0.1, 0.15) is 19.0 Å². The number of rotatable bonds is 7. The third kappa shape index (κ3) is 4.83. The first-order chi connectivity index (χ1) is 14.4. The largest absolute Gasteiger partial charge is 0.490 e. The fourth-order valence-corrected chi connectivity index (χ4v) is 3.65. The van der Waals surface area contributed by atoms with Crippen molar-refractivity contribution >= 4 is 23.5 Å². The van der Waals surface area contributed by atoms with Crippen molar-refractivity contribution in [1.82, 2.24) is 5.32 Å². The number of para-hydroxylation sites is 1. The Labute approximate surface area is 179 Å². The highest BCUT2D eigenvalue weighted by atomic mass is 35.5. The first-order valence-electron chi connectivity index (χ1n) is 9.40. The second-order valence-corrected chi connectivity index (χ2v) is 7.23. The second-order valence-electron chi connectivity index (χ2n) is 6.79. The van der Waals surface area contributed by atoms with E-state index in [0.717, 1.165) is 0 Å². The van der Waals surface area contributed by atoms with Crippen LogP contribution in [0.2, 0.25) is 5.02 Å². The molecule has 0 saturated carbocycles. The molecule has 1 atom stereocenters. The Morgan fingerprint density at radius 1 is 1.00 bits per heavy atom. The molecule has 0 amide bonds. The fourth-order valence-electron chi connectivity index (χ4n) is 3.46. The second kappa shape index (κ2) is 9.50. The summed E-state index contributed by atoms with van der Waals surface area (Å²) in [5.74, 6) is -1.85. The van der Waals surface area contributed by atoms with E-state index in [0.29, 0.717) is 27.7 Å². The summed E-state index contributed by atoms with van der Waals surface area (Å²) in [6.45, 7) is 3.59. The van der Waals surface area contributed by atoms with Crippen LogP contribution in [-0.4, -0.2) is 30.3 Å². The van der Waals surface area contributed by atoms with Crippen molar-refractivity contribution < 1.29 is 24.2 Å². The molecule has 0 saturated heterocycles. The standard InChI is InChI=1S/C23H22ClNO5/c1-14-19(22(26)27)21(16-7-6-8-17(24)13-16)20(15(2)25-14)23(28)30-12-11-29-18-9-4-3-5-10-18/h3-10,13,21,25H,11-12H2,1-2H3,(H,26,27). The van der Waals surface area contributed by atoms with Gasteiger partial charge in [0.15, 0.2) is 0 Å². The lowest BCUT2D eigenvalue weighted by Gasteiger charge is -2.29. The van der Waals surface area contributed by atoms with E-state index in [2.05, 4.69) is 5.32 Å². The van der Waals surface area contributed by atoms with Gasteiger partial charge in [-0.15, -0.1) is 0 Å². The average Bonchev–Trinajstić information content (AvgIpc) is 2.71. The monoisotopic (exact) mass is 427 g/mol. The van der Waals surface area contributed by atoms with Crippen molar-refractivity contribution in [3.05, 3.63) is 87.7 Å². The van der Waals surface area contributed by atoms with Crippen molar-refractivity contribution in [2.45, 2.75) is 19.8 Å². The molecule has 0 bridgehead atoms. The molecule has 6 nitrogen and oxygen atoms in total. The molecule has 1 unspecified atom stereocenters. The van der Waals surface area contributed by atoms with Crippen LogP contribution in [0.15, 0.2) is 77.1 Å². The fraction of sp³-hybridized carbons (Fsp3) is 0.217. The SMILES string of the molecule is CC1=C(C(=O)O)C(c2cccc(Cl)c2)C(C(=O)OCCOc2ccccc2)=C(C)N1. The number of allylic oxidation sites excluding steroid dienone is 2. The van der Waals surface area contributed by atoms with Gasteiger partial charge in [0, 0.05) is 16.4 Å². The van der Waals surface area contributed by atoms with E-state index < -0.39 is 17.9 Å². The molecule has 3 rings (SSSR count). The molecule has 1 aliphatic heterocycles. The number of halogens is 1. The number of benzene rings is 2. The number of carboxylic acid groups (broad SMARTS) is 1. The van der Waals surface area contributed by atoms with Crippen LogP contribution in [0.1, 0.15) is 25.3 Å². The van der Waals surface area contributed by atoms with Crippen LogP contribution in [0.3, 0.4) is 0 Å². The molecule has 0 fully saturated rings. The molecule has 2 aromatic carbocycles. The first kappa shape index (κ1) is 21.5. The number of ether oxygens (including phenoxy) is 2. The molecule has 0 radical (unpaired) electrons. The third-order valence-electron chi connectivity index (χ3n) is 4.72. The summed E-state index contributed by atoms with van der Waals surface area (Å²) in [5, 5.41) is 13.2. The predicted octanol–water partition coefficient (Wildman–Crippen LogP) is 4.28. The minimum atomic E-state index is -1.12. The maximum atomic E-state index is 12.9. The van der Waals surface area contributed by atoms with E-state index in [4.69, 9.17) is 21.1 Å². The highest BCUT2D eigenvalue weighted by Gasteiger charge is 2.37. The van der Waals surface area contributed by atoms with Gasteiger partial charge in [0.2, 0.25) is 0 Å².